The molecule has 2 fully saturated rings. The highest BCUT2D eigenvalue weighted by atomic mass is 32.1. The monoisotopic (exact) mass is 708 g/mol. The van der Waals surface area contributed by atoms with Gasteiger partial charge in [-0.15, -0.1) is 11.3 Å². The number of nitrogens with one attached hydrogen (secondary N) is 1. The van der Waals surface area contributed by atoms with Crippen molar-refractivity contribution < 1.29 is 19.8 Å². The number of likely N-dealkylation sites (tertiary alicyclic amines) is 1. The van der Waals surface area contributed by atoms with E-state index < -0.39 is 12.3 Å². The summed E-state index contributed by atoms with van der Waals surface area (Å²) in [5, 5.41) is 22.0. The molecule has 1 atom stereocenters. The number of hydrogen-bond donors (Lipinski definition) is 3. The molecule has 0 unspecified atom stereocenters. The number of aliphatic hydroxyl groups excluding tert-OH is 1. The van der Waals surface area contributed by atoms with Gasteiger partial charge in [-0.25, -0.2) is 9.97 Å². The fourth-order valence-electron chi connectivity index (χ4n) is 7.29. The molecule has 51 heavy (non-hydrogen) atoms. The highest BCUT2D eigenvalue weighted by Gasteiger charge is 2.38. The van der Waals surface area contributed by atoms with Crippen molar-refractivity contribution >= 4 is 23.2 Å². The summed E-state index contributed by atoms with van der Waals surface area (Å²) in [5.41, 5.74) is 5.53. The highest BCUT2D eigenvalue weighted by Crippen LogP contribution is 2.43. The molecule has 2 aliphatic rings. The molecule has 6 rings (SSSR count). The Morgan fingerprint density at radius 3 is 1.98 bits per heavy atom. The van der Waals surface area contributed by atoms with Crippen molar-refractivity contribution in [2.45, 2.75) is 97.3 Å². The average Bonchev–Trinajstić information content (AvgIpc) is 3.59. The lowest BCUT2D eigenvalue weighted by atomic mass is 9.68. The predicted octanol–water partition coefficient (Wildman–Crippen LogP) is 7.60. The first-order chi connectivity index (χ1) is 24.2. The highest BCUT2D eigenvalue weighted by molar-refractivity contribution is 7.14. The molecule has 1 saturated carbocycles. The number of carbonyl (C=O) groups excluding carboxylic acids is 2. The van der Waals surface area contributed by atoms with Crippen LogP contribution in [0, 0.1) is 17.3 Å². The van der Waals surface area contributed by atoms with E-state index in [1.165, 1.54) is 42.6 Å². The van der Waals surface area contributed by atoms with Gasteiger partial charge in [0.05, 0.1) is 4.88 Å². The third kappa shape index (κ3) is 8.76. The second-order valence-electron chi connectivity index (χ2n) is 16.6. The average molecular weight is 709 g/mol. The van der Waals surface area contributed by atoms with Gasteiger partial charge in [-0.05, 0) is 77.2 Å². The van der Waals surface area contributed by atoms with Crippen LogP contribution in [0.4, 0.5) is 0 Å². The van der Waals surface area contributed by atoms with Crippen molar-refractivity contribution in [1.29, 1.82) is 0 Å². The molecule has 8 nitrogen and oxygen atoms in total. The van der Waals surface area contributed by atoms with E-state index in [0.29, 0.717) is 28.5 Å². The second-order valence-corrected chi connectivity index (χ2v) is 17.7. The summed E-state index contributed by atoms with van der Waals surface area (Å²) < 4.78 is 0. The van der Waals surface area contributed by atoms with Crippen molar-refractivity contribution in [2.24, 2.45) is 17.3 Å². The van der Waals surface area contributed by atoms with Crippen LogP contribution in [0.1, 0.15) is 98.8 Å². The first-order valence-electron chi connectivity index (χ1n) is 18.2. The maximum Gasteiger partial charge on any atom is 0.262 e. The summed E-state index contributed by atoms with van der Waals surface area (Å²) in [6.45, 7) is 13.9. The molecule has 0 radical (unpaired) electrons. The molecule has 0 bridgehead atoms. The van der Waals surface area contributed by atoms with E-state index in [9.17, 15) is 19.8 Å². The van der Waals surface area contributed by atoms with E-state index >= 15 is 0 Å². The van der Waals surface area contributed by atoms with E-state index in [1.807, 2.05) is 42.7 Å². The summed E-state index contributed by atoms with van der Waals surface area (Å²) in [6, 6.07) is 19.6. The van der Waals surface area contributed by atoms with Crippen LogP contribution < -0.4 is 5.32 Å². The third-order valence-electron chi connectivity index (χ3n) is 10.8. The number of hydrogen-bond acceptors (Lipinski definition) is 7. The Morgan fingerprint density at radius 2 is 1.43 bits per heavy atom. The first kappa shape index (κ1) is 36.9. The van der Waals surface area contributed by atoms with Gasteiger partial charge in [-0.2, -0.15) is 0 Å². The Bertz CT molecular complexity index is 1790. The molecule has 1 aliphatic heterocycles. The van der Waals surface area contributed by atoms with Crippen LogP contribution in [0.2, 0.25) is 0 Å². The molecule has 3 N–H and O–H groups in total. The number of aromatic nitrogens is 2. The maximum absolute atomic E-state index is 13.5. The van der Waals surface area contributed by atoms with Gasteiger partial charge < -0.3 is 20.4 Å². The van der Waals surface area contributed by atoms with E-state index in [-0.39, 0.29) is 36.2 Å². The first-order valence-corrected chi connectivity index (χ1v) is 19.0. The number of amides is 2. The number of rotatable bonds is 9. The molecule has 2 aromatic heterocycles. The molecule has 2 amide bonds. The van der Waals surface area contributed by atoms with Gasteiger partial charge in [0.15, 0.2) is 12.1 Å². The van der Waals surface area contributed by atoms with Gasteiger partial charge in [0, 0.05) is 53.8 Å². The van der Waals surface area contributed by atoms with E-state index in [1.54, 1.807) is 11.0 Å². The Morgan fingerprint density at radius 1 is 0.824 bits per heavy atom. The van der Waals surface area contributed by atoms with Crippen molar-refractivity contribution in [3.63, 3.8) is 0 Å². The number of benzene rings is 2. The van der Waals surface area contributed by atoms with E-state index in [4.69, 9.17) is 0 Å². The minimum absolute atomic E-state index is 0.0846. The van der Waals surface area contributed by atoms with Crippen molar-refractivity contribution in [1.82, 2.24) is 20.2 Å². The van der Waals surface area contributed by atoms with Crippen LogP contribution >= 0.6 is 11.3 Å². The van der Waals surface area contributed by atoms with Crippen LogP contribution in [0.15, 0.2) is 73.1 Å². The molecule has 1 aliphatic carbocycles. The molecule has 1 saturated heterocycles. The zero-order valence-corrected chi connectivity index (χ0v) is 31.5. The summed E-state index contributed by atoms with van der Waals surface area (Å²) >= 11 is 1.43. The molecule has 9 heteroatoms. The maximum atomic E-state index is 13.5. The van der Waals surface area contributed by atoms with Crippen LogP contribution in [0.3, 0.4) is 0 Å². The largest absolute Gasteiger partial charge is 0.368 e. The SMILES string of the molecule is CC(C)(C)c1ccc(C(=O)N[C@@H](Cc2ccc(-c3ncc(-c4ccc(C5CCC(C(C)(C)C)CC5)cc4)cn3)cc2)C(=O)N2CC(C(O)O)C2)s1. The van der Waals surface area contributed by atoms with Gasteiger partial charge in [-0.1, -0.05) is 90.1 Å². The molecule has 270 valence electrons. The summed E-state index contributed by atoms with van der Waals surface area (Å²) in [5.74, 6) is 1.13. The smallest absolute Gasteiger partial charge is 0.262 e. The van der Waals surface area contributed by atoms with Crippen molar-refractivity contribution in [2.75, 3.05) is 13.1 Å². The van der Waals surface area contributed by atoms with Gasteiger partial charge in [0.25, 0.3) is 5.91 Å². The molecule has 2 aromatic carbocycles. The second kappa shape index (κ2) is 15.0. The molecular formula is C42H52N4O4S. The van der Waals surface area contributed by atoms with Gasteiger partial charge in [0.1, 0.15) is 6.04 Å². The van der Waals surface area contributed by atoms with Gasteiger partial charge in [-0.3, -0.25) is 9.59 Å². The van der Waals surface area contributed by atoms with Crippen molar-refractivity contribution in [3.8, 4) is 22.5 Å². The van der Waals surface area contributed by atoms with Crippen molar-refractivity contribution in [3.05, 3.63) is 93.9 Å². The lowest BCUT2D eigenvalue weighted by Gasteiger charge is -2.41. The summed E-state index contributed by atoms with van der Waals surface area (Å²) in [4.78, 5) is 39.4. The van der Waals surface area contributed by atoms with Crippen LogP contribution in [0.25, 0.3) is 22.5 Å². The summed E-state index contributed by atoms with van der Waals surface area (Å²) in [7, 11) is 0. The minimum atomic E-state index is -1.47. The molecule has 4 aromatic rings. The lowest BCUT2D eigenvalue weighted by molar-refractivity contribution is -0.157. The van der Waals surface area contributed by atoms with Crippen LogP contribution in [-0.4, -0.2) is 62.3 Å². The van der Waals surface area contributed by atoms with Crippen LogP contribution in [0.5, 0.6) is 0 Å². The normalized spacial score (nSPS) is 19.1. The number of carbonyl (C=O) groups is 2. The van der Waals surface area contributed by atoms with Gasteiger partial charge >= 0.3 is 0 Å². The Labute approximate surface area is 306 Å². The van der Waals surface area contributed by atoms with Crippen LogP contribution in [-0.2, 0) is 16.6 Å². The molecule has 0 spiro atoms. The number of thiophene rings is 1. The standard InChI is InChI=1S/C42H52N4O4S/c1-41(2,3)33-17-15-28(16-18-33)27-11-13-29(14-12-27)31-22-43-37(44-23-31)30-9-7-26(8-10-30)21-34(39(48)46-24-32(25-46)40(49)50)45-38(47)35-19-20-36(51-35)42(4,5)6/h7-14,19-20,22-23,28,32-34,40,49-50H,15-18,21,24-25H2,1-6H3,(H,45,47)/t28?,33?,34-/m0/s1. The topological polar surface area (TPSA) is 116 Å². The van der Waals surface area contributed by atoms with E-state index in [0.717, 1.165) is 33.0 Å². The fourth-order valence-corrected chi connectivity index (χ4v) is 8.25. The molecular weight excluding hydrogens is 657 g/mol. The fraction of sp³-hybridized carbons (Fsp3) is 0.476. The zero-order valence-electron chi connectivity index (χ0n) is 30.7. The van der Waals surface area contributed by atoms with E-state index in [2.05, 4.69) is 81.1 Å². The van der Waals surface area contributed by atoms with Gasteiger partial charge in [0.2, 0.25) is 5.91 Å². The number of aliphatic hydroxyl groups is 2. The predicted molar refractivity (Wildman–Crippen MR) is 203 cm³/mol. The summed E-state index contributed by atoms with van der Waals surface area (Å²) in [6.07, 6.45) is 7.65. The lowest BCUT2D eigenvalue weighted by Crippen LogP contribution is -2.59. The minimum Gasteiger partial charge on any atom is -0.368 e. The molecule has 3 heterocycles. The third-order valence-corrected chi connectivity index (χ3v) is 12.3. The quantitative estimate of drug-likeness (QED) is 0.154. The Hall–Kier alpha value is -3.92. The Balaban J connectivity index is 1.10. The zero-order chi connectivity index (χ0) is 36.5. The number of nitrogens with zero attached hydrogens (tertiary/aromatic N) is 3. The Kier molecular flexibility index (Phi) is 10.8.